The van der Waals surface area contributed by atoms with E-state index >= 15 is 0 Å². The second-order valence-electron chi connectivity index (χ2n) is 4.22. The van der Waals surface area contributed by atoms with E-state index in [-0.39, 0.29) is 10.6 Å². The van der Waals surface area contributed by atoms with Gasteiger partial charge in [-0.15, -0.1) is 0 Å². The van der Waals surface area contributed by atoms with E-state index in [0.717, 1.165) is 0 Å². The van der Waals surface area contributed by atoms with Crippen molar-refractivity contribution in [3.8, 4) is 0 Å². The molecule has 1 aliphatic heterocycles. The summed E-state index contributed by atoms with van der Waals surface area (Å²) in [5.74, 6) is 0. The first kappa shape index (κ1) is 13.7. The molecule has 1 aromatic rings. The molecule has 1 aromatic carbocycles. The Kier molecular flexibility index (Phi) is 3.96. The van der Waals surface area contributed by atoms with Crippen molar-refractivity contribution in [1.82, 2.24) is 0 Å². The summed E-state index contributed by atoms with van der Waals surface area (Å²) in [6, 6.07) is 5.75. The molecule has 1 saturated heterocycles. The van der Waals surface area contributed by atoms with Crippen LogP contribution in [0.5, 0.6) is 0 Å². The molecule has 4 atom stereocenters. The minimum Gasteiger partial charge on any atom is -0.394 e. The van der Waals surface area contributed by atoms with E-state index in [4.69, 9.17) is 15.1 Å². The second kappa shape index (κ2) is 5.49. The maximum absolute atomic E-state index is 10.6. The van der Waals surface area contributed by atoms with E-state index in [2.05, 4.69) is 5.32 Å². The quantitative estimate of drug-likeness (QED) is 0.461. The van der Waals surface area contributed by atoms with Crippen LogP contribution >= 0.6 is 0 Å². The molecule has 104 valence electrons. The first-order valence-electron chi connectivity index (χ1n) is 5.68. The van der Waals surface area contributed by atoms with Crippen LogP contribution < -0.4 is 5.32 Å². The summed E-state index contributed by atoms with van der Waals surface area (Å²) in [5, 5.41) is 39.7. The van der Waals surface area contributed by atoms with Crippen molar-refractivity contribution in [3.63, 3.8) is 0 Å². The van der Waals surface area contributed by atoms with Crippen LogP contribution in [0.1, 0.15) is 0 Å². The van der Waals surface area contributed by atoms with Crippen molar-refractivity contribution in [2.75, 3.05) is 11.9 Å². The van der Waals surface area contributed by atoms with E-state index in [1.165, 1.54) is 24.3 Å². The van der Waals surface area contributed by atoms with Crippen LogP contribution in [0.25, 0.3) is 0 Å². The van der Waals surface area contributed by atoms with E-state index in [0.29, 0.717) is 5.69 Å². The molecule has 0 spiro atoms. The van der Waals surface area contributed by atoms with Gasteiger partial charge in [0.2, 0.25) is 0 Å². The summed E-state index contributed by atoms with van der Waals surface area (Å²) in [6.45, 7) is -0.398. The molecule has 0 aromatic heterocycles. The van der Waals surface area contributed by atoms with Gasteiger partial charge in [0, 0.05) is 17.8 Å². The molecule has 0 radical (unpaired) electrons. The lowest BCUT2D eigenvalue weighted by atomic mass is 10.1. The number of ether oxygens (including phenoxy) is 1. The highest BCUT2D eigenvalue weighted by molar-refractivity contribution is 5.49. The van der Waals surface area contributed by atoms with Gasteiger partial charge in [-0.25, -0.2) is 5.21 Å². The Hall–Kier alpha value is -1.74. The van der Waals surface area contributed by atoms with Crippen molar-refractivity contribution < 1.29 is 30.2 Å². The largest absolute Gasteiger partial charge is 0.394 e. The lowest BCUT2D eigenvalue weighted by molar-refractivity contribution is -0.729. The summed E-state index contributed by atoms with van der Waals surface area (Å²) < 4.78 is 5.23. The fourth-order valence-electron chi connectivity index (χ4n) is 1.87. The minimum atomic E-state index is -1.18. The highest BCUT2D eigenvalue weighted by atomic mass is 16.6. The number of hydrogen-bond donors (Lipinski definition) is 5. The maximum atomic E-state index is 10.6. The van der Waals surface area contributed by atoms with Gasteiger partial charge in [0.15, 0.2) is 6.23 Å². The summed E-state index contributed by atoms with van der Waals surface area (Å²) in [5.41, 5.74) is 0.590. The second-order valence-corrected chi connectivity index (χ2v) is 4.22. The van der Waals surface area contributed by atoms with Gasteiger partial charge in [0.1, 0.15) is 18.3 Å². The Morgan fingerprint density at radius 2 is 1.84 bits per heavy atom. The Morgan fingerprint density at radius 3 is 2.32 bits per heavy atom. The molecule has 1 heterocycles. The monoisotopic (exact) mass is 271 g/mol. The fourth-order valence-corrected chi connectivity index (χ4v) is 1.87. The molecule has 0 bridgehead atoms. The van der Waals surface area contributed by atoms with Gasteiger partial charge in [-0.3, -0.25) is 0 Å². The molecule has 0 aliphatic carbocycles. The molecule has 0 amide bonds. The first-order chi connectivity index (χ1) is 9.02. The minimum absolute atomic E-state index is 0.0618. The molecule has 8 heteroatoms. The molecule has 4 unspecified atom stereocenters. The Bertz CT molecular complexity index is 451. The predicted octanol–water partition coefficient (Wildman–Crippen LogP) is -0.663. The third kappa shape index (κ3) is 2.82. The third-order valence-electron chi connectivity index (χ3n) is 2.94. The third-order valence-corrected chi connectivity index (χ3v) is 2.94. The average molecular weight is 271 g/mol. The van der Waals surface area contributed by atoms with Crippen molar-refractivity contribution in [1.29, 1.82) is 0 Å². The van der Waals surface area contributed by atoms with E-state index < -0.39 is 31.1 Å². The van der Waals surface area contributed by atoms with Gasteiger partial charge in [0.25, 0.3) is 4.92 Å². The number of hydrogen-bond acceptors (Lipinski definition) is 6. The van der Waals surface area contributed by atoms with Crippen molar-refractivity contribution >= 4 is 11.4 Å². The normalized spacial score (nSPS) is 30.3. The van der Waals surface area contributed by atoms with Crippen LogP contribution in [0, 0.1) is 4.91 Å². The van der Waals surface area contributed by atoms with Crippen LogP contribution in [-0.4, -0.2) is 56.6 Å². The molecule has 0 saturated carbocycles. The number of rotatable bonds is 4. The first-order valence-corrected chi connectivity index (χ1v) is 5.68. The number of anilines is 1. The van der Waals surface area contributed by atoms with Crippen LogP contribution in [0.3, 0.4) is 0 Å². The standard InChI is InChI=1S/C11H15N2O6/c14-5-8-9(15)10(16)11(19-8)12-6-1-3-7(4-2-6)13(17)18/h1-4,8-12,14-16H,5H2,(H,17,18)/q+1. The summed E-state index contributed by atoms with van der Waals surface area (Å²) >= 11 is 0. The van der Waals surface area contributed by atoms with E-state index in [9.17, 15) is 15.1 Å². The average Bonchev–Trinajstić information content (AvgIpc) is 2.67. The predicted molar refractivity (Wildman–Crippen MR) is 62.9 cm³/mol. The van der Waals surface area contributed by atoms with E-state index in [1.807, 2.05) is 0 Å². The lowest BCUT2D eigenvalue weighted by Gasteiger charge is -2.17. The van der Waals surface area contributed by atoms with Gasteiger partial charge >= 0.3 is 5.69 Å². The summed E-state index contributed by atoms with van der Waals surface area (Å²) in [7, 11) is 0. The van der Waals surface area contributed by atoms with Crippen LogP contribution in [-0.2, 0) is 4.74 Å². The number of aliphatic hydroxyl groups excluding tert-OH is 3. The zero-order chi connectivity index (χ0) is 14.0. The summed E-state index contributed by atoms with van der Waals surface area (Å²) in [6.07, 6.45) is -4.06. The Labute approximate surface area is 108 Å². The van der Waals surface area contributed by atoms with Crippen LogP contribution in [0.2, 0.25) is 0 Å². The van der Waals surface area contributed by atoms with Gasteiger partial charge in [-0.2, -0.15) is 0 Å². The SMILES string of the molecule is O=[N+](O)c1ccc(NC2OC(CO)C(O)C2O)cc1. The Balaban J connectivity index is 2.03. The van der Waals surface area contributed by atoms with Crippen LogP contribution in [0.4, 0.5) is 11.4 Å². The van der Waals surface area contributed by atoms with Gasteiger partial charge in [-0.05, 0) is 12.1 Å². The zero-order valence-electron chi connectivity index (χ0n) is 9.88. The van der Waals surface area contributed by atoms with Crippen molar-refractivity contribution in [2.24, 2.45) is 0 Å². The number of aliphatic hydroxyl groups is 3. The Morgan fingerprint density at radius 1 is 1.21 bits per heavy atom. The summed E-state index contributed by atoms with van der Waals surface area (Å²) in [4.78, 5) is 10.3. The highest BCUT2D eigenvalue weighted by Gasteiger charge is 2.42. The van der Waals surface area contributed by atoms with Crippen molar-refractivity contribution in [2.45, 2.75) is 24.5 Å². The van der Waals surface area contributed by atoms with Crippen molar-refractivity contribution in [3.05, 3.63) is 29.2 Å². The number of nitrogens with one attached hydrogen (secondary N) is 1. The zero-order valence-corrected chi connectivity index (χ0v) is 9.88. The number of nitrogens with zero attached hydrogens (tertiary/aromatic N) is 1. The molecular formula is C11H15N2O6+. The fraction of sp³-hybridized carbons (Fsp3) is 0.455. The van der Waals surface area contributed by atoms with Gasteiger partial charge in [0.05, 0.1) is 11.5 Å². The smallest absolute Gasteiger partial charge is 0.316 e. The molecule has 19 heavy (non-hydrogen) atoms. The molecule has 2 rings (SSSR count). The van der Waals surface area contributed by atoms with Crippen LogP contribution in [0.15, 0.2) is 24.3 Å². The molecule has 8 nitrogen and oxygen atoms in total. The molecule has 1 aliphatic rings. The van der Waals surface area contributed by atoms with Gasteiger partial charge < -0.3 is 25.4 Å². The molecule has 1 fully saturated rings. The van der Waals surface area contributed by atoms with E-state index in [1.54, 1.807) is 0 Å². The molecular weight excluding hydrogens is 256 g/mol. The maximum Gasteiger partial charge on any atom is 0.316 e. The van der Waals surface area contributed by atoms with Gasteiger partial charge in [-0.1, -0.05) is 0 Å². The highest BCUT2D eigenvalue weighted by Crippen LogP contribution is 2.23. The number of benzene rings is 1. The molecule has 5 N–H and O–H groups in total. The topological polar surface area (TPSA) is 122 Å². The lowest BCUT2D eigenvalue weighted by Crippen LogP contribution is -2.36.